The molecule has 0 aliphatic rings. The first-order chi connectivity index (χ1) is 9.60. The van der Waals surface area contributed by atoms with Gasteiger partial charge in [0, 0.05) is 11.1 Å². The van der Waals surface area contributed by atoms with Crippen molar-refractivity contribution in [2.24, 2.45) is 0 Å². The molecule has 0 aliphatic heterocycles. The molecule has 1 nitrogen and oxygen atoms in total. The molecule has 2 aromatic rings. The molecule has 4 heteroatoms. The van der Waals surface area contributed by atoms with Crippen molar-refractivity contribution in [3.63, 3.8) is 0 Å². The zero-order valence-corrected chi connectivity index (χ0v) is 14.9. The first-order valence-corrected chi connectivity index (χ1v) is 8.87. The smallest absolute Gasteiger partial charge is 0.0701 e. The van der Waals surface area contributed by atoms with Crippen LogP contribution in [0.25, 0.3) is 0 Å². The third-order valence-electron chi connectivity index (χ3n) is 3.26. The monoisotopic (exact) mass is 371 g/mol. The average molecular weight is 373 g/mol. The molecule has 1 heterocycles. The number of halogens is 2. The fourth-order valence-corrected chi connectivity index (χ4v) is 3.71. The van der Waals surface area contributed by atoms with E-state index in [9.17, 15) is 0 Å². The number of hydrogen-bond donors (Lipinski definition) is 1. The topological polar surface area (TPSA) is 12.0 Å². The summed E-state index contributed by atoms with van der Waals surface area (Å²) in [6, 6.07) is 8.82. The zero-order chi connectivity index (χ0) is 14.5. The lowest BCUT2D eigenvalue weighted by Crippen LogP contribution is -2.23. The molecule has 0 bridgehead atoms. The Morgan fingerprint density at radius 3 is 2.75 bits per heavy atom. The number of benzene rings is 1. The predicted molar refractivity (Wildman–Crippen MR) is 92.9 cm³/mol. The van der Waals surface area contributed by atoms with Gasteiger partial charge < -0.3 is 5.32 Å². The van der Waals surface area contributed by atoms with Crippen LogP contribution in [0.3, 0.4) is 0 Å². The molecule has 1 aromatic heterocycles. The van der Waals surface area contributed by atoms with Crippen LogP contribution in [0.1, 0.15) is 36.1 Å². The van der Waals surface area contributed by atoms with E-state index in [4.69, 9.17) is 11.6 Å². The van der Waals surface area contributed by atoms with Crippen LogP contribution in [0.4, 0.5) is 0 Å². The van der Waals surface area contributed by atoms with Gasteiger partial charge in [-0.05, 0) is 76.4 Å². The van der Waals surface area contributed by atoms with Crippen LogP contribution in [0.5, 0.6) is 0 Å². The maximum Gasteiger partial charge on any atom is 0.0701 e. The van der Waals surface area contributed by atoms with E-state index in [2.05, 4.69) is 58.7 Å². The van der Waals surface area contributed by atoms with E-state index in [0.29, 0.717) is 6.04 Å². The van der Waals surface area contributed by atoms with Crippen LogP contribution in [0.15, 0.2) is 33.4 Å². The van der Waals surface area contributed by atoms with E-state index in [1.165, 1.54) is 20.5 Å². The van der Waals surface area contributed by atoms with Gasteiger partial charge in [0.2, 0.25) is 0 Å². The fourth-order valence-electron chi connectivity index (χ4n) is 2.17. The number of rotatable bonds is 6. The van der Waals surface area contributed by atoms with Crippen molar-refractivity contribution in [2.75, 3.05) is 6.54 Å². The molecule has 0 radical (unpaired) electrons. The summed E-state index contributed by atoms with van der Waals surface area (Å²) < 4.78 is 1.17. The van der Waals surface area contributed by atoms with Crippen molar-refractivity contribution in [2.45, 2.75) is 32.7 Å². The second-order valence-electron chi connectivity index (χ2n) is 4.99. The van der Waals surface area contributed by atoms with E-state index in [1.54, 1.807) is 11.3 Å². The lowest BCUT2D eigenvalue weighted by Gasteiger charge is -2.18. The highest BCUT2D eigenvalue weighted by molar-refractivity contribution is 9.11. The zero-order valence-electron chi connectivity index (χ0n) is 11.7. The highest BCUT2D eigenvalue weighted by Crippen LogP contribution is 2.29. The number of hydrogen-bond acceptors (Lipinski definition) is 2. The highest BCUT2D eigenvalue weighted by Gasteiger charge is 2.15. The molecule has 1 aromatic carbocycles. The molecule has 0 aliphatic carbocycles. The molecular weight excluding hydrogens is 354 g/mol. The summed E-state index contributed by atoms with van der Waals surface area (Å²) in [5, 5.41) is 6.69. The quantitative estimate of drug-likeness (QED) is 0.680. The first-order valence-electron chi connectivity index (χ1n) is 6.82. The lowest BCUT2D eigenvalue weighted by atomic mass is 10.00. The van der Waals surface area contributed by atoms with Gasteiger partial charge in [0.15, 0.2) is 0 Å². The average Bonchev–Trinajstić information content (AvgIpc) is 2.83. The molecule has 1 N–H and O–H groups in total. The maximum atomic E-state index is 6.37. The summed E-state index contributed by atoms with van der Waals surface area (Å²) in [5.74, 6) is 0. The summed E-state index contributed by atoms with van der Waals surface area (Å²) >= 11 is 11.6. The molecule has 108 valence electrons. The molecule has 2 rings (SSSR count). The van der Waals surface area contributed by atoms with Crippen LogP contribution < -0.4 is 5.32 Å². The van der Waals surface area contributed by atoms with Gasteiger partial charge in [0.05, 0.1) is 3.79 Å². The van der Waals surface area contributed by atoms with Gasteiger partial charge in [-0.25, -0.2) is 0 Å². The van der Waals surface area contributed by atoms with Gasteiger partial charge in [0.25, 0.3) is 0 Å². The van der Waals surface area contributed by atoms with Crippen molar-refractivity contribution in [3.8, 4) is 0 Å². The van der Waals surface area contributed by atoms with Crippen molar-refractivity contribution >= 4 is 38.9 Å². The SMILES string of the molecule is CCCNC(Cc1ccc(C)cc1Cl)c1csc(Br)c1. The van der Waals surface area contributed by atoms with Crippen molar-refractivity contribution in [3.05, 3.63) is 55.1 Å². The Balaban J connectivity index is 2.18. The van der Waals surface area contributed by atoms with Gasteiger partial charge in [0.1, 0.15) is 0 Å². The molecular formula is C16H19BrClNS. The second-order valence-corrected chi connectivity index (χ2v) is 7.69. The summed E-state index contributed by atoms with van der Waals surface area (Å²) in [6.45, 7) is 5.27. The Morgan fingerprint density at radius 1 is 1.35 bits per heavy atom. The van der Waals surface area contributed by atoms with E-state index in [0.717, 1.165) is 24.4 Å². The van der Waals surface area contributed by atoms with Gasteiger partial charge in [-0.15, -0.1) is 11.3 Å². The molecule has 0 spiro atoms. The van der Waals surface area contributed by atoms with Gasteiger partial charge >= 0.3 is 0 Å². The van der Waals surface area contributed by atoms with Crippen molar-refractivity contribution < 1.29 is 0 Å². The Hall–Kier alpha value is -0.350. The lowest BCUT2D eigenvalue weighted by molar-refractivity contribution is 0.530. The third-order valence-corrected chi connectivity index (χ3v) is 5.14. The minimum Gasteiger partial charge on any atom is -0.310 e. The predicted octanol–water partition coefficient (Wildman–Crippen LogP) is 5.76. The summed E-state index contributed by atoms with van der Waals surface area (Å²) in [4.78, 5) is 0. The molecule has 0 amide bonds. The molecule has 0 saturated heterocycles. The largest absolute Gasteiger partial charge is 0.310 e. The first kappa shape index (κ1) is 16.0. The van der Waals surface area contributed by atoms with Crippen LogP contribution >= 0.6 is 38.9 Å². The molecule has 0 fully saturated rings. The summed E-state index contributed by atoms with van der Waals surface area (Å²) in [7, 11) is 0. The van der Waals surface area contributed by atoms with Crippen LogP contribution in [0.2, 0.25) is 5.02 Å². The Bertz CT molecular complexity index is 567. The Kier molecular flexibility index (Phi) is 6.09. The minimum atomic E-state index is 0.317. The molecule has 20 heavy (non-hydrogen) atoms. The number of aryl methyl sites for hydroxylation is 1. The van der Waals surface area contributed by atoms with E-state index >= 15 is 0 Å². The normalized spacial score (nSPS) is 12.6. The van der Waals surface area contributed by atoms with E-state index < -0.39 is 0 Å². The highest BCUT2D eigenvalue weighted by atomic mass is 79.9. The van der Waals surface area contributed by atoms with Crippen LogP contribution in [0, 0.1) is 6.92 Å². The van der Waals surface area contributed by atoms with Crippen molar-refractivity contribution in [1.82, 2.24) is 5.32 Å². The van der Waals surface area contributed by atoms with Crippen LogP contribution in [-0.2, 0) is 6.42 Å². The van der Waals surface area contributed by atoms with Gasteiger partial charge in [-0.3, -0.25) is 0 Å². The van der Waals surface area contributed by atoms with Crippen LogP contribution in [-0.4, -0.2) is 6.54 Å². The molecule has 1 atom stereocenters. The summed E-state index contributed by atoms with van der Waals surface area (Å²) in [5.41, 5.74) is 3.73. The van der Waals surface area contributed by atoms with Gasteiger partial charge in [-0.2, -0.15) is 0 Å². The standard InChI is InChI=1S/C16H19BrClNS/c1-3-6-19-15(13-9-16(17)20-10-13)8-12-5-4-11(2)7-14(12)18/h4-5,7,9-10,15,19H,3,6,8H2,1-2H3. The van der Waals surface area contributed by atoms with Crippen molar-refractivity contribution in [1.29, 1.82) is 0 Å². The molecule has 1 unspecified atom stereocenters. The summed E-state index contributed by atoms with van der Waals surface area (Å²) in [6.07, 6.45) is 2.05. The number of thiophene rings is 1. The van der Waals surface area contributed by atoms with Gasteiger partial charge in [-0.1, -0.05) is 30.7 Å². The van der Waals surface area contributed by atoms with E-state index in [1.807, 2.05) is 6.07 Å². The third kappa shape index (κ3) is 4.32. The minimum absolute atomic E-state index is 0.317. The Morgan fingerprint density at radius 2 is 2.15 bits per heavy atom. The maximum absolute atomic E-state index is 6.37. The second kappa shape index (κ2) is 7.60. The Labute approximate surface area is 138 Å². The van der Waals surface area contributed by atoms with E-state index in [-0.39, 0.29) is 0 Å². The number of nitrogens with one attached hydrogen (secondary N) is 1. The fraction of sp³-hybridized carbons (Fsp3) is 0.375. The molecule has 0 saturated carbocycles.